The fourth-order valence-corrected chi connectivity index (χ4v) is 2.42. The van der Waals surface area contributed by atoms with Crippen molar-refractivity contribution >= 4 is 5.91 Å². The lowest BCUT2D eigenvalue weighted by atomic mass is 9.99. The summed E-state index contributed by atoms with van der Waals surface area (Å²) in [4.78, 5) is 14.2. The van der Waals surface area contributed by atoms with Gasteiger partial charge < -0.3 is 14.7 Å². The summed E-state index contributed by atoms with van der Waals surface area (Å²) < 4.78 is 4.74. The molecule has 1 unspecified atom stereocenters. The summed E-state index contributed by atoms with van der Waals surface area (Å²) in [6.07, 6.45) is 4.80. The van der Waals surface area contributed by atoms with Crippen LogP contribution in [-0.2, 0) is 0 Å². The SMILES string of the molecule is CCCN(CC1CCCNC1)C(=O)c1ccon1. The highest BCUT2D eigenvalue weighted by Crippen LogP contribution is 2.14. The molecule has 1 aromatic rings. The number of piperidine rings is 1. The number of amides is 1. The molecule has 0 saturated carbocycles. The van der Waals surface area contributed by atoms with E-state index in [0.717, 1.165) is 32.6 Å². The normalized spacial score (nSPS) is 19.7. The van der Waals surface area contributed by atoms with E-state index in [0.29, 0.717) is 11.6 Å². The first-order valence-electron chi connectivity index (χ1n) is 6.71. The maximum atomic E-state index is 12.3. The van der Waals surface area contributed by atoms with Gasteiger partial charge in [-0.3, -0.25) is 4.79 Å². The number of nitrogens with zero attached hydrogens (tertiary/aromatic N) is 2. The molecule has 18 heavy (non-hydrogen) atoms. The van der Waals surface area contributed by atoms with E-state index in [9.17, 15) is 4.79 Å². The van der Waals surface area contributed by atoms with Crippen LogP contribution < -0.4 is 5.32 Å². The Balaban J connectivity index is 1.96. The van der Waals surface area contributed by atoms with Gasteiger partial charge in [0.25, 0.3) is 5.91 Å². The van der Waals surface area contributed by atoms with Gasteiger partial charge in [-0.1, -0.05) is 12.1 Å². The van der Waals surface area contributed by atoms with Gasteiger partial charge in [0.05, 0.1) is 0 Å². The van der Waals surface area contributed by atoms with Gasteiger partial charge in [0.1, 0.15) is 6.26 Å². The lowest BCUT2D eigenvalue weighted by Crippen LogP contribution is -2.41. The van der Waals surface area contributed by atoms with Crippen molar-refractivity contribution in [2.75, 3.05) is 26.2 Å². The van der Waals surface area contributed by atoms with E-state index < -0.39 is 0 Å². The van der Waals surface area contributed by atoms with Crippen LogP contribution >= 0.6 is 0 Å². The Bertz CT molecular complexity index is 358. The minimum absolute atomic E-state index is 0.0174. The average molecular weight is 251 g/mol. The molecule has 1 N–H and O–H groups in total. The first-order chi connectivity index (χ1) is 8.81. The summed E-state index contributed by atoms with van der Waals surface area (Å²) in [5.41, 5.74) is 0.409. The first kappa shape index (κ1) is 13.1. The second-order valence-corrected chi connectivity index (χ2v) is 4.85. The molecule has 1 aliphatic rings. The molecule has 100 valence electrons. The number of carbonyl (C=O) groups is 1. The Morgan fingerprint density at radius 1 is 1.67 bits per heavy atom. The molecular formula is C13H21N3O2. The molecule has 0 aromatic carbocycles. The molecule has 1 aliphatic heterocycles. The van der Waals surface area contributed by atoms with E-state index in [2.05, 4.69) is 17.4 Å². The third-order valence-electron chi connectivity index (χ3n) is 3.32. The predicted octanol–water partition coefficient (Wildman–Crippen LogP) is 1.53. The Morgan fingerprint density at radius 3 is 3.17 bits per heavy atom. The van der Waals surface area contributed by atoms with Crippen LogP contribution in [0.25, 0.3) is 0 Å². The molecule has 1 saturated heterocycles. The van der Waals surface area contributed by atoms with Gasteiger partial charge in [0.15, 0.2) is 5.69 Å². The number of nitrogens with one attached hydrogen (secondary N) is 1. The topological polar surface area (TPSA) is 58.4 Å². The van der Waals surface area contributed by atoms with E-state index in [1.54, 1.807) is 6.07 Å². The number of aromatic nitrogens is 1. The second kappa shape index (κ2) is 6.54. The molecule has 0 spiro atoms. The Hall–Kier alpha value is -1.36. The monoisotopic (exact) mass is 251 g/mol. The van der Waals surface area contributed by atoms with Crippen LogP contribution in [0.1, 0.15) is 36.7 Å². The van der Waals surface area contributed by atoms with Crippen LogP contribution in [0.15, 0.2) is 16.9 Å². The van der Waals surface area contributed by atoms with Crippen LogP contribution in [0.4, 0.5) is 0 Å². The summed E-state index contributed by atoms with van der Waals surface area (Å²) in [5, 5.41) is 7.11. The van der Waals surface area contributed by atoms with Crippen molar-refractivity contribution in [3.8, 4) is 0 Å². The highest BCUT2D eigenvalue weighted by molar-refractivity contribution is 5.92. The molecule has 0 aliphatic carbocycles. The van der Waals surface area contributed by atoms with Crippen molar-refractivity contribution < 1.29 is 9.32 Å². The average Bonchev–Trinajstić information content (AvgIpc) is 2.92. The summed E-state index contributed by atoms with van der Waals surface area (Å²) in [5.74, 6) is 0.539. The Morgan fingerprint density at radius 2 is 2.56 bits per heavy atom. The summed E-state index contributed by atoms with van der Waals surface area (Å²) in [6, 6.07) is 1.63. The molecule has 5 nitrogen and oxygen atoms in total. The van der Waals surface area contributed by atoms with Crippen molar-refractivity contribution in [1.82, 2.24) is 15.4 Å². The zero-order valence-corrected chi connectivity index (χ0v) is 10.9. The number of hydrogen-bond donors (Lipinski definition) is 1. The quantitative estimate of drug-likeness (QED) is 0.862. The molecule has 1 fully saturated rings. The second-order valence-electron chi connectivity index (χ2n) is 4.85. The van der Waals surface area contributed by atoms with E-state index in [4.69, 9.17) is 4.52 Å². The third kappa shape index (κ3) is 3.32. The van der Waals surface area contributed by atoms with Crippen molar-refractivity contribution in [3.63, 3.8) is 0 Å². The molecule has 1 atom stereocenters. The summed E-state index contributed by atoms with van der Waals surface area (Å²) >= 11 is 0. The molecule has 2 rings (SSSR count). The van der Waals surface area contributed by atoms with Crippen molar-refractivity contribution in [2.45, 2.75) is 26.2 Å². The van der Waals surface area contributed by atoms with Crippen LogP contribution in [-0.4, -0.2) is 42.1 Å². The first-order valence-corrected chi connectivity index (χ1v) is 6.71. The molecule has 5 heteroatoms. The van der Waals surface area contributed by atoms with Gasteiger partial charge >= 0.3 is 0 Å². The van der Waals surface area contributed by atoms with Gasteiger partial charge in [-0.25, -0.2) is 0 Å². The number of carbonyl (C=O) groups excluding carboxylic acids is 1. The van der Waals surface area contributed by atoms with E-state index in [1.807, 2.05) is 4.90 Å². The van der Waals surface area contributed by atoms with Gasteiger partial charge in [-0.2, -0.15) is 0 Å². The number of rotatable bonds is 5. The minimum Gasteiger partial charge on any atom is -0.364 e. The molecule has 2 heterocycles. The molecular weight excluding hydrogens is 230 g/mol. The maximum absolute atomic E-state index is 12.3. The highest BCUT2D eigenvalue weighted by atomic mass is 16.5. The number of hydrogen-bond acceptors (Lipinski definition) is 4. The lowest BCUT2D eigenvalue weighted by molar-refractivity contribution is 0.0708. The molecule has 1 amide bonds. The Kier molecular flexibility index (Phi) is 4.75. The zero-order valence-electron chi connectivity index (χ0n) is 10.9. The summed E-state index contributed by atoms with van der Waals surface area (Å²) in [6.45, 7) is 5.78. The van der Waals surface area contributed by atoms with Crippen LogP contribution in [0.3, 0.4) is 0 Å². The third-order valence-corrected chi connectivity index (χ3v) is 3.32. The summed E-state index contributed by atoms with van der Waals surface area (Å²) in [7, 11) is 0. The van der Waals surface area contributed by atoms with E-state index >= 15 is 0 Å². The van der Waals surface area contributed by atoms with E-state index in [1.165, 1.54) is 19.1 Å². The fourth-order valence-electron chi connectivity index (χ4n) is 2.42. The minimum atomic E-state index is -0.0174. The molecule has 0 radical (unpaired) electrons. The van der Waals surface area contributed by atoms with Gasteiger partial charge in [0.2, 0.25) is 0 Å². The maximum Gasteiger partial charge on any atom is 0.276 e. The largest absolute Gasteiger partial charge is 0.364 e. The molecule has 0 bridgehead atoms. The predicted molar refractivity (Wildman–Crippen MR) is 68.3 cm³/mol. The van der Waals surface area contributed by atoms with Crippen LogP contribution in [0.2, 0.25) is 0 Å². The van der Waals surface area contributed by atoms with Crippen molar-refractivity contribution in [1.29, 1.82) is 0 Å². The lowest BCUT2D eigenvalue weighted by Gasteiger charge is -2.29. The standard InChI is InChI=1S/C13H21N3O2/c1-2-7-16(10-11-4-3-6-14-9-11)13(17)12-5-8-18-15-12/h5,8,11,14H,2-4,6-7,9-10H2,1H3. The highest BCUT2D eigenvalue weighted by Gasteiger charge is 2.22. The van der Waals surface area contributed by atoms with Gasteiger partial charge in [-0.05, 0) is 38.3 Å². The van der Waals surface area contributed by atoms with Crippen molar-refractivity contribution in [3.05, 3.63) is 18.0 Å². The van der Waals surface area contributed by atoms with E-state index in [-0.39, 0.29) is 5.91 Å². The van der Waals surface area contributed by atoms with Crippen LogP contribution in [0, 0.1) is 5.92 Å². The smallest absolute Gasteiger partial charge is 0.276 e. The van der Waals surface area contributed by atoms with Gasteiger partial charge in [0, 0.05) is 19.2 Å². The zero-order chi connectivity index (χ0) is 12.8. The fraction of sp³-hybridized carbons (Fsp3) is 0.692. The Labute approximate surface area is 108 Å². The van der Waals surface area contributed by atoms with Crippen molar-refractivity contribution in [2.24, 2.45) is 5.92 Å². The van der Waals surface area contributed by atoms with Crippen LogP contribution in [0.5, 0.6) is 0 Å². The van der Waals surface area contributed by atoms with Gasteiger partial charge in [-0.15, -0.1) is 0 Å². The molecule has 1 aromatic heterocycles.